The minimum atomic E-state index is -0.149. The fraction of sp³-hybridized carbons (Fsp3) is 0.133. The van der Waals surface area contributed by atoms with Crippen molar-refractivity contribution in [2.24, 2.45) is 0 Å². The number of ether oxygens (including phenoxy) is 1. The first-order valence-corrected chi connectivity index (χ1v) is 6.30. The number of carbonyl (C=O) groups is 1. The molecular weight excluding hydrogens is 258 g/mol. The molecule has 19 heavy (non-hydrogen) atoms. The van der Waals surface area contributed by atoms with Gasteiger partial charge in [0.2, 0.25) is 0 Å². The number of anilines is 1. The molecule has 0 radical (unpaired) electrons. The van der Waals surface area contributed by atoms with Gasteiger partial charge in [-0.3, -0.25) is 4.79 Å². The summed E-state index contributed by atoms with van der Waals surface area (Å²) >= 11 is 4.22. The summed E-state index contributed by atoms with van der Waals surface area (Å²) in [7, 11) is 1.62. The van der Waals surface area contributed by atoms with Crippen LogP contribution in [0.1, 0.15) is 15.9 Å². The fourth-order valence-corrected chi connectivity index (χ4v) is 1.97. The van der Waals surface area contributed by atoms with Crippen LogP contribution in [0.15, 0.2) is 47.4 Å². The minimum Gasteiger partial charge on any atom is -0.497 e. The van der Waals surface area contributed by atoms with E-state index in [1.165, 1.54) is 0 Å². The van der Waals surface area contributed by atoms with Gasteiger partial charge in [0.15, 0.2) is 0 Å². The van der Waals surface area contributed by atoms with E-state index < -0.39 is 0 Å². The molecule has 0 fully saturated rings. The molecule has 0 unspecified atom stereocenters. The number of rotatable bonds is 3. The summed E-state index contributed by atoms with van der Waals surface area (Å²) in [6, 6.07) is 12.7. The maximum Gasteiger partial charge on any atom is 0.255 e. The number of hydrogen-bond donors (Lipinski definition) is 2. The van der Waals surface area contributed by atoms with Crippen molar-refractivity contribution < 1.29 is 9.53 Å². The van der Waals surface area contributed by atoms with Crippen molar-refractivity contribution in [2.75, 3.05) is 12.4 Å². The third-order valence-corrected chi connectivity index (χ3v) is 3.07. The molecule has 0 heterocycles. The molecule has 4 heteroatoms. The Bertz CT molecular complexity index is 611. The molecule has 0 saturated heterocycles. The van der Waals surface area contributed by atoms with Crippen LogP contribution in [-0.4, -0.2) is 13.0 Å². The second-order valence-electron chi connectivity index (χ2n) is 4.19. The predicted molar refractivity (Wildman–Crippen MR) is 79.4 cm³/mol. The molecule has 0 aromatic heterocycles. The summed E-state index contributed by atoms with van der Waals surface area (Å²) < 4.78 is 5.13. The number of thiol groups is 1. The first-order valence-electron chi connectivity index (χ1n) is 5.85. The van der Waals surface area contributed by atoms with Gasteiger partial charge in [-0.15, -0.1) is 12.6 Å². The lowest BCUT2D eigenvalue weighted by molar-refractivity contribution is 0.102. The molecule has 2 aromatic rings. The van der Waals surface area contributed by atoms with Gasteiger partial charge in [-0.2, -0.15) is 0 Å². The van der Waals surface area contributed by atoms with E-state index in [2.05, 4.69) is 17.9 Å². The topological polar surface area (TPSA) is 38.3 Å². The van der Waals surface area contributed by atoms with Crippen LogP contribution in [0, 0.1) is 6.92 Å². The van der Waals surface area contributed by atoms with Gasteiger partial charge in [-0.1, -0.05) is 6.07 Å². The van der Waals surface area contributed by atoms with Crippen LogP contribution < -0.4 is 10.1 Å². The average Bonchev–Trinajstić information content (AvgIpc) is 2.41. The molecule has 1 amide bonds. The molecule has 0 aliphatic rings. The quantitative estimate of drug-likeness (QED) is 0.839. The zero-order chi connectivity index (χ0) is 13.8. The molecule has 98 valence electrons. The molecule has 0 aliphatic carbocycles. The van der Waals surface area contributed by atoms with Crippen molar-refractivity contribution in [3.8, 4) is 5.75 Å². The first-order chi connectivity index (χ1) is 9.10. The lowest BCUT2D eigenvalue weighted by atomic mass is 10.1. The predicted octanol–water partition coefficient (Wildman–Crippen LogP) is 3.54. The van der Waals surface area contributed by atoms with Crippen LogP contribution in [0.25, 0.3) is 0 Å². The van der Waals surface area contributed by atoms with E-state index in [9.17, 15) is 4.79 Å². The Hall–Kier alpha value is -1.94. The van der Waals surface area contributed by atoms with E-state index in [0.717, 1.165) is 21.9 Å². The van der Waals surface area contributed by atoms with Gasteiger partial charge in [-0.25, -0.2) is 0 Å². The van der Waals surface area contributed by atoms with Crippen molar-refractivity contribution in [3.63, 3.8) is 0 Å². The first kappa shape index (κ1) is 13.5. The monoisotopic (exact) mass is 273 g/mol. The molecule has 0 bridgehead atoms. The fourth-order valence-electron chi connectivity index (χ4n) is 1.75. The van der Waals surface area contributed by atoms with Gasteiger partial charge in [0.25, 0.3) is 5.91 Å². The second kappa shape index (κ2) is 5.80. The molecule has 1 N–H and O–H groups in total. The number of amides is 1. The average molecular weight is 273 g/mol. The summed E-state index contributed by atoms with van der Waals surface area (Å²) in [5.41, 5.74) is 2.31. The van der Waals surface area contributed by atoms with Gasteiger partial charge in [0.05, 0.1) is 7.11 Å². The lowest BCUT2D eigenvalue weighted by Crippen LogP contribution is -2.12. The molecular formula is C15H15NO2S. The number of methoxy groups -OCH3 is 1. The van der Waals surface area contributed by atoms with Gasteiger partial charge in [-0.05, 0) is 48.9 Å². The van der Waals surface area contributed by atoms with Gasteiger partial charge < -0.3 is 10.1 Å². The lowest BCUT2D eigenvalue weighted by Gasteiger charge is -2.10. The number of benzene rings is 2. The highest BCUT2D eigenvalue weighted by atomic mass is 32.1. The van der Waals surface area contributed by atoms with E-state index >= 15 is 0 Å². The van der Waals surface area contributed by atoms with Gasteiger partial charge >= 0.3 is 0 Å². The third kappa shape index (κ3) is 3.29. The van der Waals surface area contributed by atoms with Crippen LogP contribution in [0.3, 0.4) is 0 Å². The Morgan fingerprint density at radius 3 is 2.63 bits per heavy atom. The van der Waals surface area contributed by atoms with Gasteiger partial charge in [0, 0.05) is 16.1 Å². The Labute approximate surface area is 118 Å². The largest absolute Gasteiger partial charge is 0.497 e. The molecule has 2 rings (SSSR count). The Kier molecular flexibility index (Phi) is 4.12. The smallest absolute Gasteiger partial charge is 0.255 e. The summed E-state index contributed by atoms with van der Waals surface area (Å²) in [5, 5.41) is 2.88. The summed E-state index contributed by atoms with van der Waals surface area (Å²) in [5.74, 6) is 0.622. The normalized spacial score (nSPS) is 10.1. The van der Waals surface area contributed by atoms with Gasteiger partial charge in [0.1, 0.15) is 5.75 Å². The summed E-state index contributed by atoms with van der Waals surface area (Å²) in [6.45, 7) is 1.92. The number of nitrogens with one attached hydrogen (secondary N) is 1. The van der Waals surface area contributed by atoms with E-state index in [-0.39, 0.29) is 5.91 Å². The summed E-state index contributed by atoms with van der Waals surface area (Å²) in [4.78, 5) is 12.9. The summed E-state index contributed by atoms with van der Waals surface area (Å²) in [6.07, 6.45) is 0. The van der Waals surface area contributed by atoms with Crippen LogP contribution in [0.2, 0.25) is 0 Å². The molecule has 0 aliphatic heterocycles. The molecule has 0 spiro atoms. The van der Waals surface area contributed by atoms with E-state index in [1.807, 2.05) is 31.2 Å². The maximum absolute atomic E-state index is 12.1. The second-order valence-corrected chi connectivity index (χ2v) is 4.70. The van der Waals surface area contributed by atoms with Crippen LogP contribution in [-0.2, 0) is 0 Å². The van der Waals surface area contributed by atoms with E-state index in [0.29, 0.717) is 5.56 Å². The standard InChI is InChI=1S/C15H15NO2S/c1-10-8-12(18-2)6-7-14(10)16-15(17)11-4-3-5-13(19)9-11/h3-9,19H,1-2H3,(H,16,17). The highest BCUT2D eigenvalue weighted by Crippen LogP contribution is 2.21. The Morgan fingerprint density at radius 2 is 2.00 bits per heavy atom. The van der Waals surface area contributed by atoms with Crippen molar-refractivity contribution in [3.05, 3.63) is 53.6 Å². The molecule has 2 aromatic carbocycles. The Balaban J connectivity index is 2.19. The van der Waals surface area contributed by atoms with Crippen LogP contribution in [0.5, 0.6) is 5.75 Å². The molecule has 0 atom stereocenters. The SMILES string of the molecule is COc1ccc(NC(=O)c2cccc(S)c2)c(C)c1. The van der Waals surface area contributed by atoms with E-state index in [4.69, 9.17) is 4.74 Å². The van der Waals surface area contributed by atoms with Crippen molar-refractivity contribution in [1.29, 1.82) is 0 Å². The van der Waals surface area contributed by atoms with Crippen molar-refractivity contribution >= 4 is 24.2 Å². The van der Waals surface area contributed by atoms with Crippen molar-refractivity contribution in [1.82, 2.24) is 0 Å². The van der Waals surface area contributed by atoms with Crippen molar-refractivity contribution in [2.45, 2.75) is 11.8 Å². The van der Waals surface area contributed by atoms with E-state index in [1.54, 1.807) is 25.3 Å². The molecule has 3 nitrogen and oxygen atoms in total. The maximum atomic E-state index is 12.1. The highest BCUT2D eigenvalue weighted by molar-refractivity contribution is 7.80. The third-order valence-electron chi connectivity index (χ3n) is 2.79. The zero-order valence-corrected chi connectivity index (χ0v) is 11.7. The Morgan fingerprint density at radius 1 is 1.21 bits per heavy atom. The highest BCUT2D eigenvalue weighted by Gasteiger charge is 2.08. The van der Waals surface area contributed by atoms with Crippen LogP contribution in [0.4, 0.5) is 5.69 Å². The molecule has 0 saturated carbocycles. The zero-order valence-electron chi connectivity index (χ0n) is 10.8. The number of hydrogen-bond acceptors (Lipinski definition) is 3. The van der Waals surface area contributed by atoms with Crippen LogP contribution >= 0.6 is 12.6 Å². The number of carbonyl (C=O) groups excluding carboxylic acids is 1. The number of aryl methyl sites for hydroxylation is 1. The minimum absolute atomic E-state index is 0.149.